The van der Waals surface area contributed by atoms with Crippen LogP contribution in [0.5, 0.6) is 0 Å². The molecule has 23 heavy (non-hydrogen) atoms. The molecule has 1 aromatic carbocycles. The Hall–Kier alpha value is -1.37. The third-order valence-electron chi connectivity index (χ3n) is 3.48. The van der Waals surface area contributed by atoms with Gasteiger partial charge in [0.15, 0.2) is 0 Å². The van der Waals surface area contributed by atoms with Crippen molar-refractivity contribution in [1.82, 2.24) is 15.1 Å². The minimum absolute atomic E-state index is 0.117. The molecule has 0 atom stereocenters. The second kappa shape index (κ2) is 7.03. The van der Waals surface area contributed by atoms with Crippen LogP contribution in [0.3, 0.4) is 0 Å². The van der Waals surface area contributed by atoms with Crippen LogP contribution >= 0.6 is 38.9 Å². The van der Waals surface area contributed by atoms with Crippen LogP contribution in [-0.2, 0) is 6.54 Å². The van der Waals surface area contributed by atoms with Gasteiger partial charge in [-0.05, 0) is 35.3 Å². The molecule has 0 spiro atoms. The van der Waals surface area contributed by atoms with Gasteiger partial charge in [0.05, 0.1) is 15.2 Å². The summed E-state index contributed by atoms with van der Waals surface area (Å²) >= 11 is 11.2. The van der Waals surface area contributed by atoms with Gasteiger partial charge >= 0.3 is 0 Å². The van der Waals surface area contributed by atoms with E-state index in [1.54, 1.807) is 0 Å². The number of aromatic nitrogens is 2. The summed E-state index contributed by atoms with van der Waals surface area (Å²) in [5.41, 5.74) is 0.964. The van der Waals surface area contributed by atoms with E-state index >= 15 is 0 Å². The number of halogens is 2. The second-order valence-electron chi connectivity index (χ2n) is 5.18. The SMILES string of the molecule is Cc1nn(CCCNC(=O)c2sc3ccccc3c2Cl)cc1Br. The molecule has 0 aliphatic carbocycles. The maximum atomic E-state index is 12.3. The van der Waals surface area contributed by atoms with Gasteiger partial charge < -0.3 is 5.32 Å². The van der Waals surface area contributed by atoms with E-state index in [4.69, 9.17) is 11.6 Å². The van der Waals surface area contributed by atoms with E-state index in [-0.39, 0.29) is 5.91 Å². The topological polar surface area (TPSA) is 46.9 Å². The van der Waals surface area contributed by atoms with Gasteiger partial charge in [0.2, 0.25) is 0 Å². The molecule has 1 N–H and O–H groups in total. The molecule has 3 rings (SSSR count). The number of fused-ring (bicyclic) bond motifs is 1. The first kappa shape index (κ1) is 16.5. The highest BCUT2D eigenvalue weighted by molar-refractivity contribution is 9.10. The summed E-state index contributed by atoms with van der Waals surface area (Å²) in [6.45, 7) is 3.29. The first-order valence-corrected chi connectivity index (χ1v) is 9.20. The van der Waals surface area contributed by atoms with Crippen molar-refractivity contribution in [3.05, 3.63) is 50.5 Å². The Balaban J connectivity index is 1.57. The molecular weight excluding hydrogens is 398 g/mol. The number of carbonyl (C=O) groups excluding carboxylic acids is 1. The molecule has 120 valence electrons. The summed E-state index contributed by atoms with van der Waals surface area (Å²) in [5, 5.41) is 8.76. The molecule has 1 amide bonds. The Bertz CT molecular complexity index is 839. The molecule has 0 saturated carbocycles. The van der Waals surface area contributed by atoms with Crippen molar-refractivity contribution in [3.63, 3.8) is 0 Å². The van der Waals surface area contributed by atoms with Crippen molar-refractivity contribution < 1.29 is 4.79 Å². The number of nitrogens with one attached hydrogen (secondary N) is 1. The molecule has 0 saturated heterocycles. The smallest absolute Gasteiger partial charge is 0.262 e. The predicted molar refractivity (Wildman–Crippen MR) is 98.4 cm³/mol. The summed E-state index contributed by atoms with van der Waals surface area (Å²) in [6, 6.07) is 7.78. The summed E-state index contributed by atoms with van der Waals surface area (Å²) in [5.74, 6) is -0.117. The zero-order valence-corrected chi connectivity index (χ0v) is 15.6. The van der Waals surface area contributed by atoms with Gasteiger partial charge in [-0.1, -0.05) is 29.8 Å². The van der Waals surface area contributed by atoms with Gasteiger partial charge in [0.1, 0.15) is 4.88 Å². The normalized spacial score (nSPS) is 11.1. The number of carbonyl (C=O) groups is 1. The van der Waals surface area contributed by atoms with Crippen molar-refractivity contribution in [2.45, 2.75) is 19.9 Å². The number of benzene rings is 1. The van der Waals surface area contributed by atoms with Crippen LogP contribution in [0.25, 0.3) is 10.1 Å². The lowest BCUT2D eigenvalue weighted by Gasteiger charge is -2.04. The van der Waals surface area contributed by atoms with Gasteiger partial charge in [-0.25, -0.2) is 0 Å². The van der Waals surface area contributed by atoms with Crippen LogP contribution in [0.1, 0.15) is 21.8 Å². The van der Waals surface area contributed by atoms with E-state index in [1.807, 2.05) is 42.1 Å². The Kier molecular flexibility index (Phi) is 5.04. The van der Waals surface area contributed by atoms with E-state index in [9.17, 15) is 4.79 Å². The summed E-state index contributed by atoms with van der Waals surface area (Å²) in [7, 11) is 0. The molecule has 3 aromatic rings. The fraction of sp³-hybridized carbons (Fsp3) is 0.250. The largest absolute Gasteiger partial charge is 0.351 e. The lowest BCUT2D eigenvalue weighted by molar-refractivity contribution is 0.0957. The molecule has 4 nitrogen and oxygen atoms in total. The van der Waals surface area contributed by atoms with Crippen molar-refractivity contribution >= 4 is 54.9 Å². The third-order valence-corrected chi connectivity index (χ3v) is 5.93. The molecule has 2 aromatic heterocycles. The van der Waals surface area contributed by atoms with E-state index in [1.165, 1.54) is 11.3 Å². The second-order valence-corrected chi connectivity index (χ2v) is 7.46. The number of hydrogen-bond acceptors (Lipinski definition) is 3. The number of nitrogens with zero attached hydrogens (tertiary/aromatic N) is 2. The van der Waals surface area contributed by atoms with Crippen LogP contribution in [0.15, 0.2) is 34.9 Å². The molecule has 2 heterocycles. The van der Waals surface area contributed by atoms with Crippen LogP contribution in [-0.4, -0.2) is 22.2 Å². The van der Waals surface area contributed by atoms with E-state index in [0.29, 0.717) is 16.4 Å². The number of hydrogen-bond donors (Lipinski definition) is 1. The fourth-order valence-electron chi connectivity index (χ4n) is 2.29. The molecule has 0 bridgehead atoms. The van der Waals surface area contributed by atoms with Crippen molar-refractivity contribution in [2.24, 2.45) is 0 Å². The molecular formula is C16H15BrClN3OS. The van der Waals surface area contributed by atoms with Crippen LogP contribution < -0.4 is 5.32 Å². The van der Waals surface area contributed by atoms with Crippen LogP contribution in [0.2, 0.25) is 5.02 Å². The van der Waals surface area contributed by atoms with Crippen molar-refractivity contribution in [3.8, 4) is 0 Å². The third kappa shape index (κ3) is 3.59. The molecule has 0 aliphatic heterocycles. The molecule has 0 fully saturated rings. The zero-order valence-electron chi connectivity index (χ0n) is 12.5. The fourth-order valence-corrected chi connectivity index (χ4v) is 4.04. The summed E-state index contributed by atoms with van der Waals surface area (Å²) in [4.78, 5) is 12.9. The number of amides is 1. The van der Waals surface area contributed by atoms with Crippen LogP contribution in [0.4, 0.5) is 0 Å². The lowest BCUT2D eigenvalue weighted by Crippen LogP contribution is -2.24. The van der Waals surface area contributed by atoms with E-state index in [0.717, 1.165) is 33.2 Å². The first-order chi connectivity index (χ1) is 11.1. The average molecular weight is 413 g/mol. The Morgan fingerprint density at radius 2 is 2.22 bits per heavy atom. The monoisotopic (exact) mass is 411 g/mol. The van der Waals surface area contributed by atoms with E-state index in [2.05, 4.69) is 26.3 Å². The minimum atomic E-state index is -0.117. The van der Waals surface area contributed by atoms with Gasteiger partial charge in [-0.15, -0.1) is 11.3 Å². The van der Waals surface area contributed by atoms with Crippen molar-refractivity contribution in [1.29, 1.82) is 0 Å². The quantitative estimate of drug-likeness (QED) is 0.620. The van der Waals surface area contributed by atoms with Gasteiger partial charge in [-0.2, -0.15) is 5.10 Å². The number of rotatable bonds is 5. The minimum Gasteiger partial charge on any atom is -0.351 e. The summed E-state index contributed by atoms with van der Waals surface area (Å²) < 4.78 is 3.90. The Labute approximate surface area is 151 Å². The van der Waals surface area contributed by atoms with Gasteiger partial charge in [0, 0.05) is 29.4 Å². The summed E-state index contributed by atoms with van der Waals surface area (Å²) in [6.07, 6.45) is 2.75. The highest BCUT2D eigenvalue weighted by Gasteiger charge is 2.16. The molecule has 0 unspecified atom stereocenters. The van der Waals surface area contributed by atoms with Gasteiger partial charge in [-0.3, -0.25) is 9.48 Å². The molecule has 0 aliphatic rings. The Morgan fingerprint density at radius 1 is 1.43 bits per heavy atom. The van der Waals surface area contributed by atoms with Crippen molar-refractivity contribution in [2.75, 3.05) is 6.54 Å². The number of aryl methyl sites for hydroxylation is 2. The zero-order chi connectivity index (χ0) is 16.4. The molecule has 0 radical (unpaired) electrons. The lowest BCUT2D eigenvalue weighted by atomic mass is 10.2. The maximum Gasteiger partial charge on any atom is 0.262 e. The Morgan fingerprint density at radius 3 is 2.91 bits per heavy atom. The maximum absolute atomic E-state index is 12.3. The van der Waals surface area contributed by atoms with Gasteiger partial charge in [0.25, 0.3) is 5.91 Å². The van der Waals surface area contributed by atoms with E-state index < -0.39 is 0 Å². The number of thiophene rings is 1. The predicted octanol–water partition coefficient (Wildman–Crippen LogP) is 4.64. The highest BCUT2D eigenvalue weighted by Crippen LogP contribution is 2.34. The first-order valence-electron chi connectivity index (χ1n) is 7.21. The average Bonchev–Trinajstić information content (AvgIpc) is 3.04. The van der Waals surface area contributed by atoms with Crippen LogP contribution in [0, 0.1) is 6.92 Å². The molecule has 7 heteroatoms. The standard InChI is InChI=1S/C16H15BrClN3OS/c1-10-12(17)9-21(20-10)8-4-7-19-16(22)15-14(18)11-5-2-3-6-13(11)23-15/h2-3,5-6,9H,4,7-8H2,1H3,(H,19,22). The highest BCUT2D eigenvalue weighted by atomic mass is 79.9.